The Morgan fingerprint density at radius 1 is 1.38 bits per heavy atom. The van der Waals surface area contributed by atoms with Gasteiger partial charge in [-0.1, -0.05) is 17.3 Å². The van der Waals surface area contributed by atoms with Crippen molar-refractivity contribution in [1.29, 1.82) is 0 Å². The third kappa shape index (κ3) is 4.29. The van der Waals surface area contributed by atoms with E-state index in [1.807, 2.05) is 0 Å². The van der Waals surface area contributed by atoms with Crippen molar-refractivity contribution in [2.75, 3.05) is 11.5 Å². The number of hydrogen-bond donors (Lipinski definition) is 3. The van der Waals surface area contributed by atoms with Crippen molar-refractivity contribution >= 4 is 51.7 Å². The van der Waals surface area contributed by atoms with Crippen molar-refractivity contribution in [3.8, 4) is 0 Å². The maximum atomic E-state index is 13.0. The smallest absolute Gasteiger partial charge is 0.352 e. The standard InChI is InChI=1S/C19H16FN5O5S2/c20-10-3-1-9(2-4-10)7-30-24-13(11-8-32-19(21)22-11)15(26)23-14-16(27)25-12(18(28)29)5-6-31-17(14)25/h1-5,8,14,17H,6-7H2,(H2,21,22)(H,23,26)(H,28,29)/b24-13-/t14?,17-/m0/s1. The van der Waals surface area contributed by atoms with Gasteiger partial charge in [-0.25, -0.2) is 14.2 Å². The number of rotatable bonds is 7. The van der Waals surface area contributed by atoms with Crippen molar-refractivity contribution in [2.24, 2.45) is 5.16 Å². The first-order chi connectivity index (χ1) is 15.3. The van der Waals surface area contributed by atoms with E-state index in [1.165, 1.54) is 47.5 Å². The van der Waals surface area contributed by atoms with E-state index in [0.29, 0.717) is 11.3 Å². The number of nitrogen functional groups attached to an aromatic ring is 1. The van der Waals surface area contributed by atoms with Crippen molar-refractivity contribution in [3.05, 3.63) is 58.5 Å². The normalized spacial score (nSPS) is 20.2. The third-order valence-corrected chi connectivity index (χ3v) is 6.49. The number of aliphatic carboxylic acids is 1. The fourth-order valence-electron chi connectivity index (χ4n) is 3.10. The summed E-state index contributed by atoms with van der Waals surface area (Å²) in [6.45, 7) is -0.0297. The lowest BCUT2D eigenvalue weighted by molar-refractivity contribution is -0.150. The monoisotopic (exact) mass is 477 g/mol. The van der Waals surface area contributed by atoms with E-state index in [2.05, 4.69) is 15.5 Å². The number of hydrogen-bond acceptors (Lipinski definition) is 9. The molecule has 0 radical (unpaired) electrons. The highest BCUT2D eigenvalue weighted by Gasteiger charge is 2.53. The summed E-state index contributed by atoms with van der Waals surface area (Å²) >= 11 is 2.43. The summed E-state index contributed by atoms with van der Waals surface area (Å²) in [4.78, 5) is 47.2. The zero-order valence-electron chi connectivity index (χ0n) is 16.2. The number of fused-ring (bicyclic) bond motifs is 1. The van der Waals surface area contributed by atoms with Crippen molar-refractivity contribution in [3.63, 3.8) is 0 Å². The van der Waals surface area contributed by atoms with Crippen LogP contribution in [0.2, 0.25) is 0 Å². The molecule has 2 aromatic rings. The molecule has 166 valence electrons. The van der Waals surface area contributed by atoms with Gasteiger partial charge < -0.3 is 21.0 Å². The Labute approximate surface area is 188 Å². The largest absolute Gasteiger partial charge is 0.477 e. The molecule has 32 heavy (non-hydrogen) atoms. The maximum absolute atomic E-state index is 13.0. The number of halogens is 1. The Morgan fingerprint density at radius 2 is 2.12 bits per heavy atom. The highest BCUT2D eigenvalue weighted by molar-refractivity contribution is 8.00. The fraction of sp³-hybridized carbons (Fsp3) is 0.211. The molecule has 0 bridgehead atoms. The minimum atomic E-state index is -1.21. The number of carboxylic acid groups (broad SMARTS) is 1. The van der Waals surface area contributed by atoms with Crippen LogP contribution < -0.4 is 11.1 Å². The molecule has 0 aliphatic carbocycles. The molecule has 1 unspecified atom stereocenters. The lowest BCUT2D eigenvalue weighted by atomic mass is 10.0. The summed E-state index contributed by atoms with van der Waals surface area (Å²) in [5.74, 6) is -2.46. The molecule has 10 nitrogen and oxygen atoms in total. The number of carbonyl (C=O) groups excluding carboxylic acids is 2. The highest BCUT2D eigenvalue weighted by Crippen LogP contribution is 2.37. The van der Waals surface area contributed by atoms with Crippen molar-refractivity contribution in [2.45, 2.75) is 18.0 Å². The van der Waals surface area contributed by atoms with Gasteiger partial charge >= 0.3 is 5.97 Å². The molecule has 4 rings (SSSR count). The summed E-state index contributed by atoms with van der Waals surface area (Å²) in [5, 5.41) is 16.9. The van der Waals surface area contributed by atoms with Gasteiger partial charge in [-0.3, -0.25) is 14.5 Å². The fourth-order valence-corrected chi connectivity index (χ4v) is 4.84. The molecule has 13 heteroatoms. The number of aromatic nitrogens is 1. The maximum Gasteiger partial charge on any atom is 0.352 e. The highest BCUT2D eigenvalue weighted by atomic mass is 32.2. The van der Waals surface area contributed by atoms with Crippen molar-refractivity contribution < 1.29 is 28.7 Å². The molecular weight excluding hydrogens is 461 g/mol. The molecule has 0 spiro atoms. The van der Waals surface area contributed by atoms with Gasteiger partial charge in [-0.15, -0.1) is 23.1 Å². The van der Waals surface area contributed by atoms with Crippen LogP contribution in [0.4, 0.5) is 9.52 Å². The molecule has 2 aliphatic rings. The average molecular weight is 477 g/mol. The third-order valence-electron chi connectivity index (χ3n) is 4.63. The van der Waals surface area contributed by atoms with Crippen LogP contribution in [0.15, 0.2) is 46.6 Å². The van der Waals surface area contributed by atoms with Gasteiger partial charge in [0.1, 0.15) is 35.2 Å². The topological polar surface area (TPSA) is 147 Å². The molecule has 1 aromatic heterocycles. The minimum absolute atomic E-state index is 0.0297. The number of β-lactam (4-membered cyclic amide) rings is 1. The number of carbonyl (C=O) groups is 3. The molecular formula is C19H16FN5O5S2. The van der Waals surface area contributed by atoms with Crippen molar-refractivity contribution in [1.82, 2.24) is 15.2 Å². The molecule has 4 N–H and O–H groups in total. The number of amides is 2. The Hall–Kier alpha value is -3.45. The van der Waals surface area contributed by atoms with E-state index in [4.69, 9.17) is 10.6 Å². The first kappa shape index (κ1) is 21.8. The summed E-state index contributed by atoms with van der Waals surface area (Å²) < 4.78 is 13.0. The number of oxime groups is 1. The van der Waals surface area contributed by atoms with Crippen LogP contribution in [-0.4, -0.2) is 55.7 Å². The Balaban J connectivity index is 1.48. The van der Waals surface area contributed by atoms with E-state index in [-0.39, 0.29) is 28.8 Å². The second-order valence-corrected chi connectivity index (χ2v) is 8.73. The second kappa shape index (κ2) is 8.96. The Kier molecular flexibility index (Phi) is 6.10. The summed E-state index contributed by atoms with van der Waals surface area (Å²) in [6.07, 6.45) is 1.45. The molecule has 1 aromatic carbocycles. The molecule has 1 saturated heterocycles. The van der Waals surface area contributed by atoms with E-state index in [0.717, 1.165) is 16.2 Å². The number of benzene rings is 1. The van der Waals surface area contributed by atoms with Crippen LogP contribution in [0.1, 0.15) is 11.3 Å². The molecule has 2 aliphatic heterocycles. The van der Waals surface area contributed by atoms with E-state index < -0.39 is 35.0 Å². The van der Waals surface area contributed by atoms with E-state index in [1.54, 1.807) is 0 Å². The van der Waals surface area contributed by atoms with E-state index in [9.17, 15) is 23.9 Å². The summed E-state index contributed by atoms with van der Waals surface area (Å²) in [5.41, 5.74) is 6.15. The molecule has 3 heterocycles. The van der Waals surface area contributed by atoms with Gasteiger partial charge in [-0.05, 0) is 23.8 Å². The van der Waals surface area contributed by atoms with Crippen LogP contribution in [0.5, 0.6) is 0 Å². The first-order valence-corrected chi connectivity index (χ1v) is 11.1. The number of nitrogens with two attached hydrogens (primary N) is 1. The van der Waals surface area contributed by atoms with Crippen LogP contribution in [0, 0.1) is 5.82 Å². The average Bonchev–Trinajstić information content (AvgIpc) is 3.21. The van der Waals surface area contributed by atoms with Gasteiger partial charge in [-0.2, -0.15) is 0 Å². The number of carboxylic acids is 1. The Morgan fingerprint density at radius 3 is 2.78 bits per heavy atom. The molecule has 1 fully saturated rings. The van der Waals surface area contributed by atoms with Gasteiger partial charge in [0.2, 0.25) is 0 Å². The lowest BCUT2D eigenvalue weighted by Crippen LogP contribution is -2.70. The number of thioether (sulfide) groups is 1. The molecule has 0 saturated carbocycles. The van der Waals surface area contributed by atoms with Gasteiger partial charge in [0.25, 0.3) is 11.8 Å². The minimum Gasteiger partial charge on any atom is -0.477 e. The van der Waals surface area contributed by atoms with E-state index >= 15 is 0 Å². The predicted molar refractivity (Wildman–Crippen MR) is 115 cm³/mol. The van der Waals surface area contributed by atoms with Crippen LogP contribution in [0.3, 0.4) is 0 Å². The van der Waals surface area contributed by atoms with Crippen LogP contribution >= 0.6 is 23.1 Å². The number of anilines is 1. The SMILES string of the molecule is Nc1nc(/C(=N/OCc2ccc(F)cc2)C(=O)NC2C(=O)N3C(C(=O)O)=CCS[C@@H]23)cs1. The van der Waals surface area contributed by atoms with Gasteiger partial charge in [0.05, 0.1) is 0 Å². The number of nitrogens with one attached hydrogen (secondary N) is 1. The molecule has 2 amide bonds. The first-order valence-electron chi connectivity index (χ1n) is 9.20. The van der Waals surface area contributed by atoms with Gasteiger partial charge in [0.15, 0.2) is 10.8 Å². The van der Waals surface area contributed by atoms with Crippen LogP contribution in [-0.2, 0) is 25.8 Å². The van der Waals surface area contributed by atoms with Crippen LogP contribution in [0.25, 0.3) is 0 Å². The second-order valence-electron chi connectivity index (χ2n) is 6.69. The summed E-state index contributed by atoms with van der Waals surface area (Å²) in [6, 6.07) is 4.65. The number of nitrogens with zero attached hydrogens (tertiary/aromatic N) is 3. The zero-order chi connectivity index (χ0) is 22.8. The predicted octanol–water partition coefficient (Wildman–Crippen LogP) is 1.15. The molecule has 2 atom stereocenters. The zero-order valence-corrected chi connectivity index (χ0v) is 17.9. The lowest BCUT2D eigenvalue weighted by Gasteiger charge is -2.48. The van der Waals surface area contributed by atoms with Gasteiger partial charge in [0, 0.05) is 11.1 Å². The Bertz CT molecular complexity index is 1130. The summed E-state index contributed by atoms with van der Waals surface area (Å²) in [7, 11) is 0. The quantitative estimate of drug-likeness (QED) is 0.306. The number of thiazole rings is 1.